The average molecular weight is 420 g/mol. The molecule has 5 rings (SSSR count). The molecule has 0 unspecified atom stereocenters. The number of anilines is 1. The number of hydrogen-bond donors (Lipinski definition) is 2. The van der Waals surface area contributed by atoms with Gasteiger partial charge in [0.15, 0.2) is 11.6 Å². The number of carbonyl (C=O) groups excluding carboxylic acids is 1. The number of primary amides is 1. The molecule has 1 aliphatic heterocycles. The molecule has 4 aromatic heterocycles. The van der Waals surface area contributed by atoms with Crippen molar-refractivity contribution in [3.05, 3.63) is 63.7 Å². The summed E-state index contributed by atoms with van der Waals surface area (Å²) in [5, 5.41) is 5.57. The summed E-state index contributed by atoms with van der Waals surface area (Å²) in [5.74, 6) is 1.47. The van der Waals surface area contributed by atoms with Gasteiger partial charge in [0.1, 0.15) is 5.82 Å². The highest BCUT2D eigenvalue weighted by atomic mass is 32.1. The van der Waals surface area contributed by atoms with Crippen molar-refractivity contribution in [1.29, 1.82) is 0 Å². The SMILES string of the molecule is CN1CCc2c(nc(-c3ncc4c(C(N)=O)cccn34)nc2NCc2cccs2)C1. The zero-order valence-electron chi connectivity index (χ0n) is 16.5. The van der Waals surface area contributed by atoms with Crippen LogP contribution in [0, 0.1) is 0 Å². The molecule has 1 aliphatic rings. The predicted molar refractivity (Wildman–Crippen MR) is 116 cm³/mol. The van der Waals surface area contributed by atoms with Gasteiger partial charge in [-0.2, -0.15) is 0 Å². The van der Waals surface area contributed by atoms with Crippen molar-refractivity contribution < 1.29 is 4.79 Å². The smallest absolute Gasteiger partial charge is 0.250 e. The molecule has 5 heterocycles. The minimum Gasteiger partial charge on any atom is -0.366 e. The van der Waals surface area contributed by atoms with Gasteiger partial charge in [0.05, 0.1) is 29.5 Å². The number of nitrogens with zero attached hydrogens (tertiary/aromatic N) is 5. The Kier molecular flexibility index (Phi) is 4.68. The van der Waals surface area contributed by atoms with Gasteiger partial charge >= 0.3 is 0 Å². The summed E-state index contributed by atoms with van der Waals surface area (Å²) in [7, 11) is 2.09. The second-order valence-corrected chi connectivity index (χ2v) is 8.40. The number of pyridine rings is 1. The van der Waals surface area contributed by atoms with Crippen molar-refractivity contribution in [2.45, 2.75) is 19.5 Å². The Hall–Kier alpha value is -3.30. The van der Waals surface area contributed by atoms with Crippen LogP contribution in [0.5, 0.6) is 0 Å². The maximum absolute atomic E-state index is 11.8. The first kappa shape index (κ1) is 18.7. The number of amides is 1. The van der Waals surface area contributed by atoms with Gasteiger partial charge in [-0.3, -0.25) is 9.20 Å². The third-order valence-corrected chi connectivity index (χ3v) is 6.18. The van der Waals surface area contributed by atoms with Crippen LogP contribution in [0.15, 0.2) is 42.0 Å². The quantitative estimate of drug-likeness (QED) is 0.516. The summed E-state index contributed by atoms with van der Waals surface area (Å²) >= 11 is 1.71. The molecule has 0 radical (unpaired) electrons. The highest BCUT2D eigenvalue weighted by molar-refractivity contribution is 7.09. The summed E-state index contributed by atoms with van der Waals surface area (Å²) < 4.78 is 1.82. The van der Waals surface area contributed by atoms with E-state index < -0.39 is 5.91 Å². The summed E-state index contributed by atoms with van der Waals surface area (Å²) in [4.78, 5) is 29.5. The Morgan fingerprint density at radius 3 is 3.00 bits per heavy atom. The van der Waals surface area contributed by atoms with E-state index in [0.717, 1.165) is 36.6 Å². The molecular formula is C21H21N7OS. The lowest BCUT2D eigenvalue weighted by molar-refractivity contribution is 0.100. The molecule has 152 valence electrons. The molecule has 0 fully saturated rings. The molecule has 1 amide bonds. The first-order chi connectivity index (χ1) is 14.6. The Balaban J connectivity index is 1.61. The standard InChI is InChI=1S/C21H21N7OS/c1-27-8-6-14-16(12-27)25-20(26-19(14)23-10-13-4-3-9-30-13)21-24-11-17-15(18(22)29)5-2-7-28(17)21/h2-5,7,9,11H,6,8,10,12H2,1H3,(H2,22,29)(H,23,25,26). The number of nitrogens with one attached hydrogen (secondary N) is 1. The minimum atomic E-state index is -0.488. The summed E-state index contributed by atoms with van der Waals surface area (Å²) in [6.07, 6.45) is 4.38. The Bertz CT molecular complexity index is 1230. The fourth-order valence-electron chi connectivity index (χ4n) is 3.79. The molecule has 30 heavy (non-hydrogen) atoms. The number of fused-ring (bicyclic) bond motifs is 2. The fraction of sp³-hybridized carbons (Fsp3) is 0.238. The summed E-state index contributed by atoms with van der Waals surface area (Å²) in [6, 6.07) is 7.62. The van der Waals surface area contributed by atoms with Crippen LogP contribution < -0.4 is 11.1 Å². The lowest BCUT2D eigenvalue weighted by atomic mass is 10.1. The van der Waals surface area contributed by atoms with Crippen LogP contribution in [0.1, 0.15) is 26.5 Å². The number of aromatic nitrogens is 4. The fourth-order valence-corrected chi connectivity index (χ4v) is 4.43. The molecular weight excluding hydrogens is 398 g/mol. The lowest BCUT2D eigenvalue weighted by Crippen LogP contribution is -2.29. The number of likely N-dealkylation sites (N-methyl/N-ethyl adjacent to an activating group) is 1. The van der Waals surface area contributed by atoms with Crippen molar-refractivity contribution in [3.63, 3.8) is 0 Å². The first-order valence-corrected chi connectivity index (χ1v) is 10.6. The van der Waals surface area contributed by atoms with Gasteiger partial charge in [0, 0.05) is 29.7 Å². The second kappa shape index (κ2) is 7.51. The van der Waals surface area contributed by atoms with Crippen LogP contribution in [-0.2, 0) is 19.5 Å². The summed E-state index contributed by atoms with van der Waals surface area (Å²) in [5.41, 5.74) is 8.75. The van der Waals surface area contributed by atoms with Gasteiger partial charge in [0.2, 0.25) is 0 Å². The van der Waals surface area contributed by atoms with Crippen LogP contribution in [0.3, 0.4) is 0 Å². The number of thiophene rings is 1. The minimum absolute atomic E-state index is 0.421. The summed E-state index contributed by atoms with van der Waals surface area (Å²) in [6.45, 7) is 2.44. The van der Waals surface area contributed by atoms with Crippen molar-refractivity contribution in [1.82, 2.24) is 24.3 Å². The molecule has 0 saturated carbocycles. The van der Waals surface area contributed by atoms with E-state index in [1.165, 1.54) is 4.88 Å². The van der Waals surface area contributed by atoms with Crippen LogP contribution in [0.4, 0.5) is 5.82 Å². The normalized spacial score (nSPS) is 14.0. The lowest BCUT2D eigenvalue weighted by Gasteiger charge is -2.26. The Labute approximate surface area is 177 Å². The number of hydrogen-bond acceptors (Lipinski definition) is 7. The van der Waals surface area contributed by atoms with Crippen LogP contribution in [0.25, 0.3) is 17.2 Å². The predicted octanol–water partition coefficient (Wildman–Crippen LogP) is 2.55. The topological polar surface area (TPSA) is 101 Å². The van der Waals surface area contributed by atoms with Gasteiger partial charge < -0.3 is 16.0 Å². The van der Waals surface area contributed by atoms with Crippen LogP contribution >= 0.6 is 11.3 Å². The molecule has 0 atom stereocenters. The van der Waals surface area contributed by atoms with Crippen molar-refractivity contribution >= 4 is 28.6 Å². The van der Waals surface area contributed by atoms with Gasteiger partial charge in [-0.15, -0.1) is 11.3 Å². The third kappa shape index (κ3) is 3.31. The van der Waals surface area contributed by atoms with Crippen molar-refractivity contribution in [3.8, 4) is 11.6 Å². The maximum Gasteiger partial charge on any atom is 0.250 e. The molecule has 3 N–H and O–H groups in total. The van der Waals surface area contributed by atoms with E-state index in [-0.39, 0.29) is 0 Å². The second-order valence-electron chi connectivity index (χ2n) is 7.36. The number of nitrogens with two attached hydrogens (primary N) is 1. The van der Waals surface area contributed by atoms with Gasteiger partial charge in [-0.1, -0.05) is 6.07 Å². The molecule has 0 spiro atoms. The average Bonchev–Trinajstić information content (AvgIpc) is 3.41. The van der Waals surface area contributed by atoms with E-state index in [0.29, 0.717) is 29.3 Å². The van der Waals surface area contributed by atoms with E-state index in [9.17, 15) is 4.79 Å². The monoisotopic (exact) mass is 419 g/mol. The zero-order chi connectivity index (χ0) is 20.7. The van der Waals surface area contributed by atoms with E-state index in [4.69, 9.17) is 15.7 Å². The third-order valence-electron chi connectivity index (χ3n) is 5.30. The first-order valence-electron chi connectivity index (χ1n) is 9.71. The van der Waals surface area contributed by atoms with Gasteiger partial charge in [-0.25, -0.2) is 15.0 Å². The molecule has 0 aliphatic carbocycles. The number of carbonyl (C=O) groups is 1. The molecule has 8 nitrogen and oxygen atoms in total. The largest absolute Gasteiger partial charge is 0.366 e. The van der Waals surface area contributed by atoms with Crippen molar-refractivity contribution in [2.24, 2.45) is 5.73 Å². The van der Waals surface area contributed by atoms with Crippen molar-refractivity contribution in [2.75, 3.05) is 18.9 Å². The molecule has 9 heteroatoms. The van der Waals surface area contributed by atoms with E-state index in [2.05, 4.69) is 33.7 Å². The van der Waals surface area contributed by atoms with E-state index >= 15 is 0 Å². The van der Waals surface area contributed by atoms with Crippen LogP contribution in [-0.4, -0.2) is 43.8 Å². The Morgan fingerprint density at radius 1 is 1.30 bits per heavy atom. The molecule has 0 bridgehead atoms. The van der Waals surface area contributed by atoms with Gasteiger partial charge in [-0.05, 0) is 37.0 Å². The Morgan fingerprint density at radius 2 is 2.20 bits per heavy atom. The van der Waals surface area contributed by atoms with Crippen LogP contribution in [0.2, 0.25) is 0 Å². The highest BCUT2D eigenvalue weighted by Crippen LogP contribution is 2.28. The number of rotatable bonds is 5. The molecule has 0 saturated heterocycles. The van der Waals surface area contributed by atoms with E-state index in [1.54, 1.807) is 29.7 Å². The number of imidazole rings is 1. The highest BCUT2D eigenvalue weighted by Gasteiger charge is 2.23. The maximum atomic E-state index is 11.8. The van der Waals surface area contributed by atoms with E-state index in [1.807, 2.05) is 16.7 Å². The zero-order valence-corrected chi connectivity index (χ0v) is 17.3. The van der Waals surface area contributed by atoms with Gasteiger partial charge in [0.25, 0.3) is 5.91 Å². The molecule has 0 aromatic carbocycles. The molecule has 4 aromatic rings.